The molecule has 1 aliphatic heterocycles. The average Bonchev–Trinajstić information content (AvgIpc) is 3.16. The third-order valence-corrected chi connectivity index (χ3v) is 4.90. The fraction of sp³-hybridized carbons (Fsp3) is 0.526. The molecule has 146 valence electrons. The lowest BCUT2D eigenvalue weighted by atomic mass is 9.98. The Labute approximate surface area is 159 Å². The second kappa shape index (κ2) is 9.36. The molecule has 0 bridgehead atoms. The van der Waals surface area contributed by atoms with Gasteiger partial charge in [-0.05, 0) is 42.9 Å². The number of hydrogen-bond donors (Lipinski definition) is 2. The minimum Gasteiger partial charge on any atom is -0.497 e. The summed E-state index contributed by atoms with van der Waals surface area (Å²) in [7, 11) is 1.65. The van der Waals surface area contributed by atoms with Crippen LogP contribution >= 0.6 is 0 Å². The molecule has 27 heavy (non-hydrogen) atoms. The van der Waals surface area contributed by atoms with Gasteiger partial charge in [0.05, 0.1) is 12.8 Å². The Morgan fingerprint density at radius 3 is 2.89 bits per heavy atom. The largest absolute Gasteiger partial charge is 0.497 e. The number of likely N-dealkylation sites (tertiary alicyclic amines) is 1. The molecule has 1 atom stereocenters. The maximum atomic E-state index is 12.5. The highest BCUT2D eigenvalue weighted by molar-refractivity contribution is 5.74. The van der Waals surface area contributed by atoms with Gasteiger partial charge in [-0.25, -0.2) is 4.79 Å². The number of rotatable bonds is 7. The Hall–Kier alpha value is -2.61. The van der Waals surface area contributed by atoms with Crippen LogP contribution in [0.4, 0.5) is 4.79 Å². The van der Waals surface area contributed by atoms with Gasteiger partial charge in [0.2, 0.25) is 0 Å². The maximum absolute atomic E-state index is 12.5. The van der Waals surface area contributed by atoms with Crippen molar-refractivity contribution in [2.24, 2.45) is 11.7 Å². The first-order valence-corrected chi connectivity index (χ1v) is 9.42. The zero-order valence-corrected chi connectivity index (χ0v) is 15.8. The van der Waals surface area contributed by atoms with Crippen molar-refractivity contribution in [3.63, 3.8) is 0 Å². The van der Waals surface area contributed by atoms with Gasteiger partial charge in [0.15, 0.2) is 0 Å². The van der Waals surface area contributed by atoms with E-state index in [4.69, 9.17) is 10.5 Å². The lowest BCUT2D eigenvalue weighted by molar-refractivity contribution is 0.157. The third-order valence-electron chi connectivity index (χ3n) is 4.90. The summed E-state index contributed by atoms with van der Waals surface area (Å²) in [5.74, 6) is 1.23. The maximum Gasteiger partial charge on any atom is 0.317 e. The van der Waals surface area contributed by atoms with Crippen molar-refractivity contribution in [2.75, 3.05) is 26.7 Å². The molecule has 1 aromatic carbocycles. The monoisotopic (exact) mass is 372 g/mol. The number of nitrogens with one attached hydrogen (secondary N) is 1. The van der Waals surface area contributed by atoms with E-state index < -0.39 is 0 Å². The van der Waals surface area contributed by atoms with Crippen LogP contribution in [0.25, 0.3) is 0 Å². The quantitative estimate of drug-likeness (QED) is 0.766. The Bertz CT molecular complexity index is 730. The number of hydrogen-bond acceptors (Lipinski definition) is 5. The standard InChI is InChI=1S/C19H28N6O2/c1-27-18-6-4-15(5-7-18)8-9-21-19(26)24-10-2-3-16(12-24)13-25-14-17(11-20)22-23-25/h4-7,14,16H,2-3,8-13,20H2,1H3,(H,21,26)/t16-/m0/s1. The molecule has 0 unspecified atom stereocenters. The number of aromatic nitrogens is 3. The van der Waals surface area contributed by atoms with Crippen LogP contribution in [0.3, 0.4) is 0 Å². The Kier molecular flexibility index (Phi) is 6.64. The Balaban J connectivity index is 1.43. The van der Waals surface area contributed by atoms with Gasteiger partial charge in [-0.1, -0.05) is 17.3 Å². The molecular formula is C19H28N6O2. The van der Waals surface area contributed by atoms with E-state index in [1.54, 1.807) is 7.11 Å². The minimum absolute atomic E-state index is 0.00875. The number of amides is 2. The first kappa shape index (κ1) is 19.2. The zero-order chi connectivity index (χ0) is 19.1. The van der Waals surface area contributed by atoms with E-state index in [0.29, 0.717) is 19.0 Å². The summed E-state index contributed by atoms with van der Waals surface area (Å²) < 4.78 is 6.99. The topological polar surface area (TPSA) is 98.3 Å². The molecule has 3 rings (SSSR count). The van der Waals surface area contributed by atoms with Crippen molar-refractivity contribution in [1.82, 2.24) is 25.2 Å². The second-order valence-corrected chi connectivity index (χ2v) is 6.92. The van der Waals surface area contributed by atoms with E-state index in [1.165, 1.54) is 5.56 Å². The molecule has 2 aromatic rings. The van der Waals surface area contributed by atoms with Gasteiger partial charge in [0.25, 0.3) is 0 Å². The molecular weight excluding hydrogens is 344 g/mol. The highest BCUT2D eigenvalue weighted by Crippen LogP contribution is 2.18. The van der Waals surface area contributed by atoms with Crippen LogP contribution in [0.5, 0.6) is 5.75 Å². The van der Waals surface area contributed by atoms with Crippen LogP contribution < -0.4 is 15.8 Å². The molecule has 1 aromatic heterocycles. The van der Waals surface area contributed by atoms with Crippen LogP contribution in [0, 0.1) is 5.92 Å². The number of methoxy groups -OCH3 is 1. The summed E-state index contributed by atoms with van der Waals surface area (Å²) in [6, 6.07) is 7.93. The molecule has 2 heterocycles. The number of nitrogens with zero attached hydrogens (tertiary/aromatic N) is 4. The highest BCUT2D eigenvalue weighted by Gasteiger charge is 2.24. The number of carbonyl (C=O) groups excluding carboxylic acids is 1. The third kappa shape index (κ3) is 5.43. The van der Waals surface area contributed by atoms with Gasteiger partial charge in [-0.3, -0.25) is 4.68 Å². The van der Waals surface area contributed by atoms with E-state index in [9.17, 15) is 4.79 Å². The molecule has 1 fully saturated rings. The molecule has 1 saturated heterocycles. The van der Waals surface area contributed by atoms with E-state index in [-0.39, 0.29) is 6.03 Å². The SMILES string of the molecule is COc1ccc(CCNC(=O)N2CCC[C@H](Cn3cc(CN)nn3)C2)cc1. The predicted molar refractivity (Wildman–Crippen MR) is 102 cm³/mol. The van der Waals surface area contributed by atoms with Gasteiger partial charge in [0.1, 0.15) is 5.75 Å². The Morgan fingerprint density at radius 2 is 2.19 bits per heavy atom. The number of nitrogens with two attached hydrogens (primary N) is 1. The lowest BCUT2D eigenvalue weighted by Gasteiger charge is -2.32. The van der Waals surface area contributed by atoms with E-state index in [1.807, 2.05) is 40.0 Å². The smallest absolute Gasteiger partial charge is 0.317 e. The summed E-state index contributed by atoms with van der Waals surface area (Å²) in [5.41, 5.74) is 7.54. The summed E-state index contributed by atoms with van der Waals surface area (Å²) >= 11 is 0. The number of carbonyl (C=O) groups is 1. The fourth-order valence-corrected chi connectivity index (χ4v) is 3.40. The van der Waals surface area contributed by atoms with Crippen LogP contribution in [-0.2, 0) is 19.5 Å². The van der Waals surface area contributed by atoms with Gasteiger partial charge in [-0.15, -0.1) is 5.10 Å². The summed E-state index contributed by atoms with van der Waals surface area (Å²) in [6.07, 6.45) is 4.78. The van der Waals surface area contributed by atoms with Crippen molar-refractivity contribution in [3.8, 4) is 5.75 Å². The van der Waals surface area contributed by atoms with Gasteiger partial charge >= 0.3 is 6.03 Å². The first-order valence-electron chi connectivity index (χ1n) is 9.42. The molecule has 0 radical (unpaired) electrons. The molecule has 8 heteroatoms. The van der Waals surface area contributed by atoms with Crippen molar-refractivity contribution < 1.29 is 9.53 Å². The number of urea groups is 1. The van der Waals surface area contributed by atoms with Gasteiger partial charge < -0.3 is 20.7 Å². The van der Waals surface area contributed by atoms with E-state index in [2.05, 4.69) is 15.6 Å². The van der Waals surface area contributed by atoms with E-state index >= 15 is 0 Å². The second-order valence-electron chi connectivity index (χ2n) is 6.92. The Morgan fingerprint density at radius 1 is 1.37 bits per heavy atom. The average molecular weight is 372 g/mol. The molecule has 2 amide bonds. The highest BCUT2D eigenvalue weighted by atomic mass is 16.5. The van der Waals surface area contributed by atoms with Crippen LogP contribution in [0.2, 0.25) is 0 Å². The normalized spacial score (nSPS) is 17.0. The summed E-state index contributed by atoms with van der Waals surface area (Å²) in [4.78, 5) is 14.4. The lowest BCUT2D eigenvalue weighted by Crippen LogP contribution is -2.46. The number of ether oxygens (including phenoxy) is 1. The molecule has 8 nitrogen and oxygen atoms in total. The van der Waals surface area contributed by atoms with Crippen LogP contribution in [-0.4, -0.2) is 52.7 Å². The van der Waals surface area contributed by atoms with Crippen LogP contribution in [0.1, 0.15) is 24.1 Å². The summed E-state index contributed by atoms with van der Waals surface area (Å²) in [5, 5.41) is 11.2. The van der Waals surface area contributed by atoms with Crippen molar-refractivity contribution in [1.29, 1.82) is 0 Å². The molecule has 1 aliphatic rings. The summed E-state index contributed by atoms with van der Waals surface area (Å²) in [6.45, 7) is 3.33. The minimum atomic E-state index is 0.00875. The first-order chi connectivity index (χ1) is 13.2. The van der Waals surface area contributed by atoms with Crippen molar-refractivity contribution in [3.05, 3.63) is 41.7 Å². The van der Waals surface area contributed by atoms with Gasteiger partial charge in [0, 0.05) is 38.9 Å². The van der Waals surface area contributed by atoms with Gasteiger partial charge in [-0.2, -0.15) is 0 Å². The molecule has 0 spiro atoms. The molecule has 0 aliphatic carbocycles. The number of piperidine rings is 1. The predicted octanol–water partition coefficient (Wildman–Crippen LogP) is 1.41. The zero-order valence-electron chi connectivity index (χ0n) is 15.8. The molecule has 3 N–H and O–H groups in total. The molecule has 0 saturated carbocycles. The van der Waals surface area contributed by atoms with Crippen molar-refractivity contribution in [2.45, 2.75) is 32.4 Å². The number of benzene rings is 1. The van der Waals surface area contributed by atoms with E-state index in [0.717, 1.165) is 50.3 Å². The van der Waals surface area contributed by atoms with Crippen molar-refractivity contribution >= 4 is 6.03 Å². The fourth-order valence-electron chi connectivity index (χ4n) is 3.40. The van der Waals surface area contributed by atoms with Crippen LogP contribution in [0.15, 0.2) is 30.5 Å².